The molecule has 0 aliphatic rings. The summed E-state index contributed by atoms with van der Waals surface area (Å²) >= 11 is 10.4. The average Bonchev–Trinajstić information content (AvgIpc) is 2.41. The fraction of sp³-hybridized carbons (Fsp3) is 0.143. The Hall–Kier alpha value is -0.720. The molecule has 0 unspecified atom stereocenters. The fourth-order valence-electron chi connectivity index (χ4n) is 1.61. The number of hydrogen-bond donors (Lipinski definition) is 1. The van der Waals surface area contributed by atoms with Gasteiger partial charge in [0.15, 0.2) is 0 Å². The second-order valence-electron chi connectivity index (χ2n) is 4.06. The zero-order chi connectivity index (χ0) is 14.7. The fourth-order valence-corrected chi connectivity index (χ4v) is 3.05. The van der Waals surface area contributed by atoms with Gasteiger partial charge in [0, 0.05) is 15.7 Å². The Morgan fingerprint density at radius 1 is 0.950 bits per heavy atom. The van der Waals surface area contributed by atoms with Crippen molar-refractivity contribution in [2.24, 2.45) is 0 Å². The van der Waals surface area contributed by atoms with Gasteiger partial charge in [0.2, 0.25) is 0 Å². The number of ether oxygens (including phenoxy) is 2. The summed E-state index contributed by atoms with van der Waals surface area (Å²) < 4.78 is 13.7. The Balaban J connectivity index is 2.16. The minimum absolute atomic E-state index is 0.443. The van der Waals surface area contributed by atoms with Gasteiger partial charge >= 0.3 is 0 Å². The molecule has 0 saturated carbocycles. The molecule has 0 aliphatic carbocycles. The largest absolute Gasteiger partial charge is 0.496 e. The minimum atomic E-state index is 0.443. The lowest BCUT2D eigenvalue weighted by molar-refractivity contribution is 0.302. The molecule has 106 valence electrons. The first-order valence-corrected chi connectivity index (χ1v) is 8.09. The lowest BCUT2D eigenvalue weighted by Crippen LogP contribution is -1.98. The normalized spacial score (nSPS) is 10.4. The Bertz CT molecular complexity index is 632. The van der Waals surface area contributed by atoms with Crippen LogP contribution in [0, 0.1) is 0 Å². The molecule has 0 fully saturated rings. The van der Waals surface area contributed by atoms with Crippen molar-refractivity contribution < 1.29 is 9.47 Å². The van der Waals surface area contributed by atoms with Crippen molar-refractivity contribution in [1.82, 2.24) is 0 Å². The predicted octanol–water partition coefficient (Wildman–Crippen LogP) is 5.14. The minimum Gasteiger partial charge on any atom is -0.496 e. The smallest absolute Gasteiger partial charge is 0.135 e. The molecule has 0 aliphatic heterocycles. The van der Waals surface area contributed by atoms with E-state index in [1.165, 1.54) is 0 Å². The quantitative estimate of drug-likeness (QED) is 0.635. The SMILES string of the molecule is COc1cc(Br)c(OCc2ccc(N)cc2Br)cc1Br. The topological polar surface area (TPSA) is 44.5 Å². The van der Waals surface area contributed by atoms with Crippen molar-refractivity contribution in [3.63, 3.8) is 0 Å². The Kier molecular flexibility index (Phi) is 5.35. The van der Waals surface area contributed by atoms with Gasteiger partial charge in [-0.05, 0) is 56.1 Å². The summed E-state index contributed by atoms with van der Waals surface area (Å²) in [5.41, 5.74) is 7.45. The number of nitrogen functional groups attached to an aromatic ring is 1. The van der Waals surface area contributed by atoms with E-state index in [9.17, 15) is 0 Å². The number of halogens is 3. The van der Waals surface area contributed by atoms with Crippen LogP contribution in [-0.2, 0) is 6.61 Å². The summed E-state index contributed by atoms with van der Waals surface area (Å²) in [4.78, 5) is 0. The molecule has 0 amide bonds. The first-order valence-electron chi connectivity index (χ1n) is 5.71. The Morgan fingerprint density at radius 2 is 1.60 bits per heavy atom. The third-order valence-corrected chi connectivity index (χ3v) is 4.64. The molecule has 0 spiro atoms. The highest BCUT2D eigenvalue weighted by Crippen LogP contribution is 2.36. The molecule has 2 aromatic carbocycles. The monoisotopic (exact) mass is 463 g/mol. The van der Waals surface area contributed by atoms with E-state index in [2.05, 4.69) is 47.8 Å². The maximum Gasteiger partial charge on any atom is 0.135 e. The zero-order valence-corrected chi connectivity index (χ0v) is 15.4. The average molecular weight is 466 g/mol. The van der Waals surface area contributed by atoms with E-state index >= 15 is 0 Å². The molecule has 6 heteroatoms. The van der Waals surface area contributed by atoms with Crippen molar-refractivity contribution in [3.05, 3.63) is 49.3 Å². The van der Waals surface area contributed by atoms with Gasteiger partial charge in [-0.3, -0.25) is 0 Å². The third kappa shape index (κ3) is 3.68. The van der Waals surface area contributed by atoms with Crippen LogP contribution in [0.25, 0.3) is 0 Å². The van der Waals surface area contributed by atoms with Crippen LogP contribution >= 0.6 is 47.8 Å². The molecule has 0 bridgehead atoms. The Labute approximate surface area is 142 Å². The second-order valence-corrected chi connectivity index (χ2v) is 6.62. The number of nitrogens with two attached hydrogens (primary N) is 1. The van der Waals surface area contributed by atoms with E-state index in [0.717, 1.165) is 30.5 Å². The van der Waals surface area contributed by atoms with E-state index < -0.39 is 0 Å². The standard InChI is InChI=1S/C14H12Br3NO2/c1-19-13-5-12(17)14(6-11(13)16)20-7-8-2-3-9(18)4-10(8)15/h2-6H,7,18H2,1H3. The van der Waals surface area contributed by atoms with Crippen molar-refractivity contribution in [2.75, 3.05) is 12.8 Å². The van der Waals surface area contributed by atoms with Crippen molar-refractivity contribution in [1.29, 1.82) is 0 Å². The molecule has 0 saturated heterocycles. The van der Waals surface area contributed by atoms with E-state index in [1.54, 1.807) is 7.11 Å². The molecule has 2 N–H and O–H groups in total. The molecule has 0 atom stereocenters. The zero-order valence-electron chi connectivity index (χ0n) is 10.6. The molecule has 0 aromatic heterocycles. The van der Waals surface area contributed by atoms with Crippen molar-refractivity contribution in [2.45, 2.75) is 6.61 Å². The number of hydrogen-bond acceptors (Lipinski definition) is 3. The summed E-state index contributed by atoms with van der Waals surface area (Å²) in [5, 5.41) is 0. The first-order chi connectivity index (χ1) is 9.51. The molecule has 0 heterocycles. The number of benzene rings is 2. The van der Waals surface area contributed by atoms with Gasteiger partial charge < -0.3 is 15.2 Å². The van der Waals surface area contributed by atoms with Crippen LogP contribution in [0.15, 0.2) is 43.7 Å². The molecule has 0 radical (unpaired) electrons. The van der Waals surface area contributed by atoms with Crippen LogP contribution in [0.2, 0.25) is 0 Å². The van der Waals surface area contributed by atoms with Gasteiger partial charge in [-0.1, -0.05) is 22.0 Å². The molecule has 2 aromatic rings. The molecule has 3 nitrogen and oxygen atoms in total. The van der Waals surface area contributed by atoms with Gasteiger partial charge in [-0.15, -0.1) is 0 Å². The Morgan fingerprint density at radius 3 is 2.25 bits per heavy atom. The summed E-state index contributed by atoms with van der Waals surface area (Å²) in [6, 6.07) is 9.37. The number of rotatable bonds is 4. The van der Waals surface area contributed by atoms with E-state index in [0.29, 0.717) is 12.3 Å². The number of methoxy groups -OCH3 is 1. The van der Waals surface area contributed by atoms with Gasteiger partial charge in [0.1, 0.15) is 18.1 Å². The van der Waals surface area contributed by atoms with Crippen LogP contribution < -0.4 is 15.2 Å². The first kappa shape index (κ1) is 15.7. The maximum atomic E-state index is 5.82. The van der Waals surface area contributed by atoms with E-state index in [-0.39, 0.29) is 0 Å². The van der Waals surface area contributed by atoms with Crippen LogP contribution in [0.4, 0.5) is 5.69 Å². The van der Waals surface area contributed by atoms with E-state index in [4.69, 9.17) is 15.2 Å². The highest BCUT2D eigenvalue weighted by atomic mass is 79.9. The highest BCUT2D eigenvalue weighted by Gasteiger charge is 2.09. The van der Waals surface area contributed by atoms with Gasteiger partial charge in [-0.25, -0.2) is 0 Å². The van der Waals surface area contributed by atoms with Gasteiger partial charge in [0.05, 0.1) is 16.1 Å². The van der Waals surface area contributed by atoms with Crippen molar-refractivity contribution >= 4 is 53.5 Å². The molecule has 20 heavy (non-hydrogen) atoms. The van der Waals surface area contributed by atoms with E-state index in [1.807, 2.05) is 30.3 Å². The maximum absolute atomic E-state index is 5.82. The summed E-state index contributed by atoms with van der Waals surface area (Å²) in [5.74, 6) is 1.49. The van der Waals surface area contributed by atoms with Gasteiger partial charge in [0.25, 0.3) is 0 Å². The number of anilines is 1. The second kappa shape index (κ2) is 6.83. The van der Waals surface area contributed by atoms with Crippen LogP contribution in [-0.4, -0.2) is 7.11 Å². The molecule has 2 rings (SSSR count). The predicted molar refractivity (Wildman–Crippen MR) is 91.3 cm³/mol. The van der Waals surface area contributed by atoms with Crippen LogP contribution in [0.1, 0.15) is 5.56 Å². The summed E-state index contributed by atoms with van der Waals surface area (Å²) in [7, 11) is 1.62. The molecular formula is C14H12Br3NO2. The lowest BCUT2D eigenvalue weighted by Gasteiger charge is -2.12. The van der Waals surface area contributed by atoms with Crippen LogP contribution in [0.5, 0.6) is 11.5 Å². The molecular weight excluding hydrogens is 454 g/mol. The highest BCUT2D eigenvalue weighted by molar-refractivity contribution is 9.11. The third-order valence-electron chi connectivity index (χ3n) is 2.67. The lowest BCUT2D eigenvalue weighted by atomic mass is 10.2. The van der Waals surface area contributed by atoms with Crippen LogP contribution in [0.3, 0.4) is 0 Å². The van der Waals surface area contributed by atoms with Gasteiger partial charge in [-0.2, -0.15) is 0 Å². The summed E-state index contributed by atoms with van der Waals surface area (Å²) in [6.45, 7) is 0.443. The summed E-state index contributed by atoms with van der Waals surface area (Å²) in [6.07, 6.45) is 0. The van der Waals surface area contributed by atoms with Crippen molar-refractivity contribution in [3.8, 4) is 11.5 Å².